The van der Waals surface area contributed by atoms with E-state index >= 15 is 0 Å². The highest BCUT2D eigenvalue weighted by atomic mass is 32.1. The molecule has 0 radical (unpaired) electrons. The zero-order chi connectivity index (χ0) is 12.5. The van der Waals surface area contributed by atoms with Crippen molar-refractivity contribution in [1.82, 2.24) is 10.2 Å². The number of carbonyl (C=O) groups is 2. The van der Waals surface area contributed by atoms with Gasteiger partial charge in [-0.2, -0.15) is 11.3 Å². The van der Waals surface area contributed by atoms with Crippen molar-refractivity contribution in [2.75, 3.05) is 0 Å². The van der Waals surface area contributed by atoms with Crippen LogP contribution in [0, 0.1) is 0 Å². The van der Waals surface area contributed by atoms with Crippen molar-refractivity contribution in [3.05, 3.63) is 22.4 Å². The molecule has 1 fully saturated rings. The fourth-order valence-corrected chi connectivity index (χ4v) is 3.00. The Bertz CT molecular complexity index is 424. The van der Waals surface area contributed by atoms with E-state index in [9.17, 15) is 9.59 Å². The molecule has 0 spiro atoms. The van der Waals surface area contributed by atoms with Gasteiger partial charge in [0.15, 0.2) is 0 Å². The number of nitrogens with one attached hydrogen (secondary N) is 1. The number of nitrogens with zero attached hydrogens (tertiary/aromatic N) is 1. The molecule has 0 aliphatic carbocycles. The predicted molar refractivity (Wildman–Crippen MR) is 66.7 cm³/mol. The first-order valence-electron chi connectivity index (χ1n) is 5.78. The molecule has 0 atom stereocenters. The van der Waals surface area contributed by atoms with Crippen molar-refractivity contribution in [1.29, 1.82) is 0 Å². The van der Waals surface area contributed by atoms with E-state index in [1.807, 2.05) is 30.7 Å². The van der Waals surface area contributed by atoms with Crippen molar-refractivity contribution in [3.8, 4) is 0 Å². The van der Waals surface area contributed by atoms with Crippen molar-refractivity contribution in [3.63, 3.8) is 0 Å². The molecule has 0 unspecified atom stereocenters. The van der Waals surface area contributed by atoms with E-state index in [-0.39, 0.29) is 11.9 Å². The third-order valence-electron chi connectivity index (χ3n) is 3.50. The Hall–Kier alpha value is -1.36. The van der Waals surface area contributed by atoms with Crippen molar-refractivity contribution >= 4 is 23.3 Å². The smallest absolute Gasteiger partial charge is 0.305 e. The molecule has 0 bridgehead atoms. The van der Waals surface area contributed by atoms with Gasteiger partial charge in [-0.05, 0) is 35.2 Å². The van der Waals surface area contributed by atoms with Gasteiger partial charge in [-0.25, -0.2) is 4.79 Å². The summed E-state index contributed by atoms with van der Waals surface area (Å²) < 4.78 is 0. The standard InChI is InChI=1S/C12H16N2O2S/c1-3-12(4-2)10(15)13-11(16)14(12)7-9-5-6-17-8-9/h5-6,8H,3-4,7H2,1-2H3,(H,13,15,16). The number of rotatable bonds is 4. The molecular weight excluding hydrogens is 236 g/mol. The Morgan fingerprint density at radius 3 is 2.59 bits per heavy atom. The maximum atomic E-state index is 11.9. The SMILES string of the molecule is CCC1(CC)C(=O)NC(=O)N1Cc1ccsc1. The number of imide groups is 1. The van der Waals surface area contributed by atoms with Crippen LogP contribution in [0.25, 0.3) is 0 Å². The maximum absolute atomic E-state index is 11.9. The monoisotopic (exact) mass is 252 g/mol. The average Bonchev–Trinajstić information content (AvgIpc) is 2.89. The van der Waals surface area contributed by atoms with Gasteiger partial charge in [-0.3, -0.25) is 10.1 Å². The summed E-state index contributed by atoms with van der Waals surface area (Å²) in [5, 5.41) is 6.41. The van der Waals surface area contributed by atoms with Gasteiger partial charge in [0.2, 0.25) is 0 Å². The lowest BCUT2D eigenvalue weighted by molar-refractivity contribution is -0.127. The third-order valence-corrected chi connectivity index (χ3v) is 4.23. The van der Waals surface area contributed by atoms with Crippen LogP contribution in [-0.2, 0) is 11.3 Å². The molecule has 1 aromatic rings. The fraction of sp³-hybridized carbons (Fsp3) is 0.500. The highest BCUT2D eigenvalue weighted by Crippen LogP contribution is 2.31. The van der Waals surface area contributed by atoms with Gasteiger partial charge in [0.25, 0.3) is 5.91 Å². The second kappa shape index (κ2) is 4.49. The van der Waals surface area contributed by atoms with Crippen LogP contribution in [-0.4, -0.2) is 22.4 Å². The summed E-state index contributed by atoms with van der Waals surface area (Å²) in [6.07, 6.45) is 1.29. The van der Waals surface area contributed by atoms with Crippen molar-refractivity contribution in [2.45, 2.75) is 38.8 Å². The van der Waals surface area contributed by atoms with Crippen LogP contribution in [0.3, 0.4) is 0 Å². The maximum Gasteiger partial charge on any atom is 0.325 e. The largest absolute Gasteiger partial charge is 0.325 e. The van der Waals surface area contributed by atoms with Crippen molar-refractivity contribution in [2.24, 2.45) is 0 Å². The molecule has 0 aromatic carbocycles. The molecule has 1 saturated heterocycles. The minimum absolute atomic E-state index is 0.164. The molecule has 4 nitrogen and oxygen atoms in total. The number of urea groups is 1. The van der Waals surface area contributed by atoms with Crippen LogP contribution in [0.4, 0.5) is 4.79 Å². The summed E-state index contributed by atoms with van der Waals surface area (Å²) in [5.74, 6) is -0.164. The summed E-state index contributed by atoms with van der Waals surface area (Å²) >= 11 is 1.60. The average molecular weight is 252 g/mol. The molecule has 1 N–H and O–H groups in total. The van der Waals surface area contributed by atoms with Crippen LogP contribution in [0.15, 0.2) is 16.8 Å². The molecule has 5 heteroatoms. The number of amides is 3. The summed E-state index contributed by atoms with van der Waals surface area (Å²) in [6, 6.07) is 1.71. The molecule has 3 amide bonds. The molecule has 2 rings (SSSR count). The first-order valence-corrected chi connectivity index (χ1v) is 6.72. The molecule has 0 saturated carbocycles. The molecule has 92 valence electrons. The summed E-state index contributed by atoms with van der Waals surface area (Å²) in [6.45, 7) is 4.40. The van der Waals surface area contributed by atoms with Crippen LogP contribution < -0.4 is 5.32 Å². The minimum atomic E-state index is -0.668. The lowest BCUT2D eigenvalue weighted by atomic mass is 9.91. The lowest BCUT2D eigenvalue weighted by Gasteiger charge is -2.33. The van der Waals surface area contributed by atoms with Crippen LogP contribution in [0.5, 0.6) is 0 Å². The molecule has 1 aliphatic rings. The van der Waals surface area contributed by atoms with Gasteiger partial charge in [-0.15, -0.1) is 0 Å². The van der Waals surface area contributed by atoms with Gasteiger partial charge in [0.05, 0.1) is 0 Å². The zero-order valence-corrected chi connectivity index (χ0v) is 10.8. The Kier molecular flexibility index (Phi) is 3.19. The van der Waals surface area contributed by atoms with E-state index < -0.39 is 5.54 Å². The van der Waals surface area contributed by atoms with Crippen LogP contribution in [0.1, 0.15) is 32.3 Å². The summed E-state index contributed by atoms with van der Waals surface area (Å²) in [5.41, 5.74) is 0.407. The molecule has 1 aliphatic heterocycles. The first-order chi connectivity index (χ1) is 8.14. The van der Waals surface area contributed by atoms with Crippen molar-refractivity contribution < 1.29 is 9.59 Å². The zero-order valence-electron chi connectivity index (χ0n) is 10.0. The molecular formula is C12H16N2O2S. The van der Waals surface area contributed by atoms with E-state index in [0.29, 0.717) is 19.4 Å². The second-order valence-corrected chi connectivity index (χ2v) is 5.00. The van der Waals surface area contributed by atoms with Gasteiger partial charge in [-0.1, -0.05) is 13.8 Å². The van der Waals surface area contributed by atoms with E-state index in [1.54, 1.807) is 16.2 Å². The summed E-state index contributed by atoms with van der Waals surface area (Å²) in [4.78, 5) is 25.4. The predicted octanol–water partition coefficient (Wildman–Crippen LogP) is 2.36. The van der Waals surface area contributed by atoms with E-state index in [2.05, 4.69) is 5.32 Å². The number of hydrogen-bond donors (Lipinski definition) is 1. The highest BCUT2D eigenvalue weighted by molar-refractivity contribution is 7.07. The Morgan fingerprint density at radius 1 is 1.35 bits per heavy atom. The summed E-state index contributed by atoms with van der Waals surface area (Å²) in [7, 11) is 0. The molecule has 17 heavy (non-hydrogen) atoms. The first kappa shape index (κ1) is 12.1. The normalized spacial score (nSPS) is 18.6. The topological polar surface area (TPSA) is 49.4 Å². The van der Waals surface area contributed by atoms with Gasteiger partial charge in [0.1, 0.15) is 5.54 Å². The Labute approximate surface area is 105 Å². The van der Waals surface area contributed by atoms with Crippen LogP contribution in [0.2, 0.25) is 0 Å². The van der Waals surface area contributed by atoms with E-state index in [4.69, 9.17) is 0 Å². The van der Waals surface area contributed by atoms with E-state index in [0.717, 1.165) is 5.56 Å². The minimum Gasteiger partial charge on any atom is -0.305 e. The van der Waals surface area contributed by atoms with Gasteiger partial charge in [0, 0.05) is 6.54 Å². The van der Waals surface area contributed by atoms with Gasteiger partial charge < -0.3 is 4.90 Å². The second-order valence-electron chi connectivity index (χ2n) is 4.22. The highest BCUT2D eigenvalue weighted by Gasteiger charge is 2.50. The van der Waals surface area contributed by atoms with E-state index in [1.165, 1.54) is 0 Å². The number of carbonyl (C=O) groups excluding carboxylic acids is 2. The van der Waals surface area contributed by atoms with Crippen LogP contribution >= 0.6 is 11.3 Å². The third kappa shape index (κ3) is 1.84. The Morgan fingerprint density at radius 2 is 2.06 bits per heavy atom. The fourth-order valence-electron chi connectivity index (χ4n) is 2.34. The van der Waals surface area contributed by atoms with Gasteiger partial charge >= 0.3 is 6.03 Å². The quantitative estimate of drug-likeness (QED) is 0.836. The lowest BCUT2D eigenvalue weighted by Crippen LogP contribution is -2.48. The number of thiophene rings is 1. The Balaban J connectivity index is 2.29. The number of hydrogen-bond acceptors (Lipinski definition) is 3. The molecule has 2 heterocycles. The molecule has 1 aromatic heterocycles.